The van der Waals surface area contributed by atoms with Gasteiger partial charge >= 0.3 is 6.03 Å². The predicted molar refractivity (Wildman–Crippen MR) is 117 cm³/mol. The topological polar surface area (TPSA) is 73.9 Å². The number of carbonyl (C=O) groups is 2. The highest BCUT2D eigenvalue weighted by Gasteiger charge is 2.45. The monoisotopic (exact) mass is 408 g/mol. The number of hydrogen-bond donors (Lipinski definition) is 2. The van der Waals surface area contributed by atoms with E-state index < -0.39 is 5.66 Å². The van der Waals surface area contributed by atoms with Gasteiger partial charge in [-0.3, -0.25) is 4.79 Å². The highest BCUT2D eigenvalue weighted by Crippen LogP contribution is 2.37. The third kappa shape index (κ3) is 3.56. The van der Waals surface area contributed by atoms with Crippen molar-refractivity contribution in [3.05, 3.63) is 54.1 Å². The summed E-state index contributed by atoms with van der Waals surface area (Å²) in [6.45, 7) is 6.44. The zero-order valence-corrected chi connectivity index (χ0v) is 17.5. The molecule has 1 saturated heterocycles. The molecule has 2 aromatic rings. The Morgan fingerprint density at radius 3 is 2.53 bits per heavy atom. The van der Waals surface area contributed by atoms with Crippen molar-refractivity contribution in [3.8, 4) is 5.75 Å². The van der Waals surface area contributed by atoms with Crippen LogP contribution in [0.1, 0.15) is 37.0 Å². The number of amides is 3. The number of carbonyl (C=O) groups excluding carboxylic acids is 2. The molecule has 0 atom stereocenters. The predicted octanol–water partition coefficient (Wildman–Crippen LogP) is 3.68. The second kappa shape index (κ2) is 8.26. The summed E-state index contributed by atoms with van der Waals surface area (Å²) in [5.74, 6) is 0.619. The number of likely N-dealkylation sites (tertiary alicyclic amines) is 1. The van der Waals surface area contributed by atoms with Crippen molar-refractivity contribution in [2.75, 3.05) is 36.5 Å². The first-order valence-corrected chi connectivity index (χ1v) is 10.5. The lowest BCUT2D eigenvalue weighted by Crippen LogP contribution is -2.68. The highest BCUT2D eigenvalue weighted by atomic mass is 16.5. The normalized spacial score (nSPS) is 17.3. The van der Waals surface area contributed by atoms with E-state index in [9.17, 15) is 9.59 Å². The number of fused-ring (bicyclic) bond motifs is 1. The van der Waals surface area contributed by atoms with Crippen molar-refractivity contribution in [1.29, 1.82) is 0 Å². The van der Waals surface area contributed by atoms with Crippen LogP contribution >= 0.6 is 0 Å². The number of benzene rings is 2. The van der Waals surface area contributed by atoms with Crippen LogP contribution in [0.2, 0.25) is 0 Å². The van der Waals surface area contributed by atoms with Crippen LogP contribution in [0.25, 0.3) is 0 Å². The fourth-order valence-electron chi connectivity index (χ4n) is 4.47. The van der Waals surface area contributed by atoms with Gasteiger partial charge in [0, 0.05) is 32.5 Å². The van der Waals surface area contributed by atoms with Crippen LogP contribution in [0.4, 0.5) is 16.2 Å². The van der Waals surface area contributed by atoms with Crippen molar-refractivity contribution < 1.29 is 14.3 Å². The van der Waals surface area contributed by atoms with Crippen LogP contribution in [-0.2, 0) is 0 Å². The SMILES string of the molecule is CCOc1ccccc1NC(=O)N1CCC2(CC1)NC(=O)c1ccccc1N2CC. The molecule has 2 N–H and O–H groups in total. The van der Waals surface area contributed by atoms with Gasteiger partial charge in [0.25, 0.3) is 5.91 Å². The molecule has 4 rings (SSSR count). The average Bonchev–Trinajstić information content (AvgIpc) is 2.76. The van der Waals surface area contributed by atoms with E-state index in [1.165, 1.54) is 0 Å². The number of para-hydroxylation sites is 3. The number of ether oxygens (including phenoxy) is 1. The lowest BCUT2D eigenvalue weighted by atomic mass is 9.90. The third-order valence-electron chi connectivity index (χ3n) is 5.92. The van der Waals surface area contributed by atoms with Crippen LogP contribution in [0, 0.1) is 0 Å². The average molecular weight is 409 g/mol. The minimum absolute atomic E-state index is 0.0427. The number of urea groups is 1. The van der Waals surface area contributed by atoms with E-state index in [1.807, 2.05) is 55.5 Å². The first-order valence-electron chi connectivity index (χ1n) is 10.5. The molecule has 1 fully saturated rings. The number of hydrogen-bond acceptors (Lipinski definition) is 4. The molecule has 7 nitrogen and oxygen atoms in total. The molecule has 0 radical (unpaired) electrons. The first kappa shape index (κ1) is 20.1. The Labute approximate surface area is 177 Å². The molecule has 2 aromatic carbocycles. The van der Waals surface area contributed by atoms with Crippen molar-refractivity contribution >= 4 is 23.3 Å². The molecule has 0 bridgehead atoms. The van der Waals surface area contributed by atoms with Gasteiger partial charge in [-0.25, -0.2) is 4.79 Å². The molecule has 0 unspecified atom stereocenters. The van der Waals surface area contributed by atoms with Gasteiger partial charge in [-0.2, -0.15) is 0 Å². The Balaban J connectivity index is 1.47. The summed E-state index contributed by atoms with van der Waals surface area (Å²) in [6.07, 6.45) is 1.34. The summed E-state index contributed by atoms with van der Waals surface area (Å²) in [6, 6.07) is 15.0. The molecule has 0 saturated carbocycles. The Bertz CT molecular complexity index is 938. The summed E-state index contributed by atoms with van der Waals surface area (Å²) in [5, 5.41) is 6.20. The zero-order chi connectivity index (χ0) is 21.1. The Morgan fingerprint density at radius 1 is 1.10 bits per heavy atom. The van der Waals surface area contributed by atoms with Crippen LogP contribution < -0.4 is 20.3 Å². The molecule has 30 heavy (non-hydrogen) atoms. The van der Waals surface area contributed by atoms with Gasteiger partial charge < -0.3 is 25.2 Å². The lowest BCUT2D eigenvalue weighted by molar-refractivity contribution is 0.0808. The smallest absolute Gasteiger partial charge is 0.321 e. The zero-order valence-electron chi connectivity index (χ0n) is 17.5. The van der Waals surface area contributed by atoms with Gasteiger partial charge in [0.05, 0.1) is 23.5 Å². The number of nitrogens with zero attached hydrogens (tertiary/aromatic N) is 2. The van der Waals surface area contributed by atoms with E-state index in [2.05, 4.69) is 22.5 Å². The van der Waals surface area contributed by atoms with Gasteiger partial charge in [-0.05, 0) is 38.1 Å². The second-order valence-corrected chi connectivity index (χ2v) is 7.59. The minimum atomic E-state index is -0.458. The molecule has 1 spiro atoms. The summed E-state index contributed by atoms with van der Waals surface area (Å²) >= 11 is 0. The van der Waals surface area contributed by atoms with E-state index in [0.717, 1.165) is 12.2 Å². The molecular weight excluding hydrogens is 380 g/mol. The van der Waals surface area contributed by atoms with Gasteiger partial charge in [0.15, 0.2) is 0 Å². The van der Waals surface area contributed by atoms with Crippen molar-refractivity contribution in [2.45, 2.75) is 32.4 Å². The maximum atomic E-state index is 12.9. The van der Waals surface area contributed by atoms with E-state index in [4.69, 9.17) is 4.74 Å². The lowest BCUT2D eigenvalue weighted by Gasteiger charge is -2.52. The number of rotatable bonds is 4. The Kier molecular flexibility index (Phi) is 5.53. The fourth-order valence-corrected chi connectivity index (χ4v) is 4.47. The molecule has 7 heteroatoms. The van der Waals surface area contributed by atoms with Crippen molar-refractivity contribution in [1.82, 2.24) is 10.2 Å². The quantitative estimate of drug-likeness (QED) is 0.809. The largest absolute Gasteiger partial charge is 0.492 e. The summed E-state index contributed by atoms with van der Waals surface area (Å²) in [5.41, 5.74) is 1.88. The minimum Gasteiger partial charge on any atom is -0.492 e. The maximum Gasteiger partial charge on any atom is 0.321 e. The van der Waals surface area contributed by atoms with E-state index >= 15 is 0 Å². The molecule has 2 aliphatic rings. The number of piperidine rings is 1. The van der Waals surface area contributed by atoms with Gasteiger partial charge in [0.1, 0.15) is 11.4 Å². The fraction of sp³-hybridized carbons (Fsp3) is 0.391. The summed E-state index contributed by atoms with van der Waals surface area (Å²) in [4.78, 5) is 29.7. The van der Waals surface area contributed by atoms with Gasteiger partial charge in [-0.15, -0.1) is 0 Å². The van der Waals surface area contributed by atoms with Crippen LogP contribution in [0.5, 0.6) is 5.75 Å². The standard InChI is InChI=1S/C23H28N4O3/c1-3-27-19-11-7-5-9-17(19)21(28)25-23(27)13-15-26(16-14-23)22(29)24-18-10-6-8-12-20(18)30-4-2/h5-12H,3-4,13-16H2,1-2H3,(H,24,29)(H,25,28). The Morgan fingerprint density at radius 2 is 1.80 bits per heavy atom. The van der Waals surface area contributed by atoms with E-state index in [1.54, 1.807) is 4.90 Å². The molecule has 0 aliphatic carbocycles. The summed E-state index contributed by atoms with van der Waals surface area (Å²) in [7, 11) is 0. The Hall–Kier alpha value is -3.22. The van der Waals surface area contributed by atoms with Crippen LogP contribution in [-0.4, -0.2) is 48.7 Å². The molecular formula is C23H28N4O3. The highest BCUT2D eigenvalue weighted by molar-refractivity contribution is 6.02. The maximum absolute atomic E-state index is 12.9. The van der Waals surface area contributed by atoms with Gasteiger partial charge in [-0.1, -0.05) is 24.3 Å². The van der Waals surface area contributed by atoms with Crippen molar-refractivity contribution in [2.24, 2.45) is 0 Å². The number of anilines is 2. The molecule has 0 aromatic heterocycles. The summed E-state index contributed by atoms with van der Waals surface area (Å²) < 4.78 is 5.60. The third-order valence-corrected chi connectivity index (χ3v) is 5.92. The van der Waals surface area contributed by atoms with E-state index in [-0.39, 0.29) is 11.9 Å². The van der Waals surface area contributed by atoms with Crippen LogP contribution in [0.15, 0.2) is 48.5 Å². The molecule has 158 valence electrons. The van der Waals surface area contributed by atoms with Crippen LogP contribution in [0.3, 0.4) is 0 Å². The van der Waals surface area contributed by atoms with Crippen molar-refractivity contribution in [3.63, 3.8) is 0 Å². The number of nitrogens with one attached hydrogen (secondary N) is 2. The molecule has 2 aliphatic heterocycles. The second-order valence-electron chi connectivity index (χ2n) is 7.59. The first-order chi connectivity index (χ1) is 14.6. The van der Waals surface area contributed by atoms with E-state index in [0.29, 0.717) is 49.5 Å². The molecule has 2 heterocycles. The molecule has 3 amide bonds. The van der Waals surface area contributed by atoms with Gasteiger partial charge in [0.2, 0.25) is 0 Å².